The second-order valence-corrected chi connectivity index (χ2v) is 10.8. The molecule has 0 saturated carbocycles. The SMILES string of the molecule is Cc1ccc(Nc2ncc3c(n2)N(c2cc(F)c(CN4CCOCC4)c(F)c2)CC3)cc1CN1CCC(F)(F)C1. The minimum atomic E-state index is -2.64. The zero-order chi connectivity index (χ0) is 27.9. The van der Waals surface area contributed by atoms with Gasteiger partial charge in [0.25, 0.3) is 5.92 Å². The number of morpholine rings is 1. The Kier molecular flexibility index (Phi) is 7.37. The first-order valence-corrected chi connectivity index (χ1v) is 13.6. The van der Waals surface area contributed by atoms with Gasteiger partial charge in [-0.25, -0.2) is 22.5 Å². The first-order chi connectivity index (χ1) is 19.2. The van der Waals surface area contributed by atoms with Crippen molar-refractivity contribution in [1.29, 1.82) is 0 Å². The molecule has 1 aromatic heterocycles. The molecule has 11 heteroatoms. The maximum atomic E-state index is 15.1. The molecule has 0 aliphatic carbocycles. The Labute approximate surface area is 230 Å². The van der Waals surface area contributed by atoms with Crippen molar-refractivity contribution in [2.24, 2.45) is 0 Å². The normalized spacial score (nSPS) is 19.3. The fraction of sp³-hybridized carbons (Fsp3) is 0.448. The number of likely N-dealkylation sites (tertiary alicyclic amines) is 1. The van der Waals surface area contributed by atoms with Gasteiger partial charge < -0.3 is 15.0 Å². The van der Waals surface area contributed by atoms with Crippen molar-refractivity contribution in [3.05, 3.63) is 70.4 Å². The van der Waals surface area contributed by atoms with Crippen LogP contribution in [0.5, 0.6) is 0 Å². The third-order valence-electron chi connectivity index (χ3n) is 7.87. The standard InChI is InChI=1S/C29H32F4N6O/c1-19-2-3-22(12-21(19)16-38-7-5-29(32,33)18-38)35-28-34-15-20-4-6-39(27(20)36-28)23-13-25(30)24(26(31)14-23)17-37-8-10-40-11-9-37/h2-3,12-15H,4-11,16-18H2,1H3,(H,34,35,36). The molecule has 0 unspecified atom stereocenters. The van der Waals surface area contributed by atoms with Gasteiger partial charge in [-0.3, -0.25) is 9.80 Å². The molecule has 3 aromatic rings. The summed E-state index contributed by atoms with van der Waals surface area (Å²) in [6.45, 7) is 5.67. The van der Waals surface area contributed by atoms with Crippen molar-refractivity contribution in [1.82, 2.24) is 19.8 Å². The average molecular weight is 557 g/mol. The molecule has 2 fully saturated rings. The highest BCUT2D eigenvalue weighted by atomic mass is 19.3. The van der Waals surface area contributed by atoms with E-state index in [0.717, 1.165) is 22.4 Å². The number of aromatic nitrogens is 2. The maximum absolute atomic E-state index is 15.1. The van der Waals surface area contributed by atoms with Gasteiger partial charge in [0.1, 0.15) is 17.5 Å². The molecule has 0 spiro atoms. The van der Waals surface area contributed by atoms with Gasteiger partial charge in [0, 0.05) is 74.4 Å². The third kappa shape index (κ3) is 5.77. The van der Waals surface area contributed by atoms with E-state index in [1.165, 1.54) is 12.1 Å². The van der Waals surface area contributed by atoms with Crippen molar-refractivity contribution < 1.29 is 22.3 Å². The summed E-state index contributed by atoms with van der Waals surface area (Å²) in [4.78, 5) is 14.7. The minimum absolute atomic E-state index is 0.0583. The molecule has 0 atom stereocenters. The van der Waals surface area contributed by atoms with Crippen molar-refractivity contribution in [3.63, 3.8) is 0 Å². The van der Waals surface area contributed by atoms with E-state index < -0.39 is 17.6 Å². The Bertz CT molecular complexity index is 1370. The van der Waals surface area contributed by atoms with E-state index in [9.17, 15) is 8.78 Å². The van der Waals surface area contributed by atoms with Gasteiger partial charge >= 0.3 is 0 Å². The van der Waals surface area contributed by atoms with Crippen LogP contribution < -0.4 is 10.2 Å². The highest BCUT2D eigenvalue weighted by Gasteiger charge is 2.38. The second kappa shape index (κ2) is 10.9. The molecule has 3 aliphatic heterocycles. The predicted octanol–water partition coefficient (Wildman–Crippen LogP) is 5.17. The molecule has 0 amide bonds. The van der Waals surface area contributed by atoms with Crippen LogP contribution in [0.3, 0.4) is 0 Å². The lowest BCUT2D eigenvalue weighted by molar-refractivity contribution is 0.0115. The summed E-state index contributed by atoms with van der Waals surface area (Å²) in [5.74, 6) is -2.85. The Morgan fingerprint density at radius 2 is 1.75 bits per heavy atom. The fourth-order valence-corrected chi connectivity index (χ4v) is 5.57. The molecule has 2 aromatic carbocycles. The zero-order valence-electron chi connectivity index (χ0n) is 22.4. The molecule has 1 N–H and O–H groups in total. The Morgan fingerprint density at radius 3 is 2.48 bits per heavy atom. The van der Waals surface area contributed by atoms with E-state index in [4.69, 9.17) is 4.74 Å². The number of nitrogens with zero attached hydrogens (tertiary/aromatic N) is 5. The van der Waals surface area contributed by atoms with Crippen LogP contribution in [0, 0.1) is 18.6 Å². The summed E-state index contributed by atoms with van der Waals surface area (Å²) in [7, 11) is 0. The molecular formula is C29H32F4N6O. The number of nitrogens with one attached hydrogen (secondary N) is 1. The average Bonchev–Trinajstić information content (AvgIpc) is 3.50. The van der Waals surface area contributed by atoms with Crippen LogP contribution >= 0.6 is 0 Å². The number of anilines is 4. The zero-order valence-corrected chi connectivity index (χ0v) is 22.4. The number of aryl methyl sites for hydroxylation is 1. The molecule has 40 heavy (non-hydrogen) atoms. The quantitative estimate of drug-likeness (QED) is 0.403. The largest absolute Gasteiger partial charge is 0.379 e. The molecule has 0 bridgehead atoms. The molecule has 212 valence electrons. The number of rotatable bonds is 7. The van der Waals surface area contributed by atoms with Crippen LogP contribution in [-0.2, 0) is 24.2 Å². The topological polar surface area (TPSA) is 56.8 Å². The van der Waals surface area contributed by atoms with Crippen LogP contribution in [0.1, 0.15) is 28.7 Å². The van der Waals surface area contributed by atoms with Crippen LogP contribution in [0.15, 0.2) is 36.5 Å². The number of halogens is 4. The lowest BCUT2D eigenvalue weighted by Gasteiger charge is -2.27. The van der Waals surface area contributed by atoms with Gasteiger partial charge in [-0.15, -0.1) is 0 Å². The third-order valence-corrected chi connectivity index (χ3v) is 7.87. The summed E-state index contributed by atoms with van der Waals surface area (Å²) < 4.78 is 62.9. The van der Waals surface area contributed by atoms with Gasteiger partial charge in [0.15, 0.2) is 0 Å². The monoisotopic (exact) mass is 556 g/mol. The van der Waals surface area contributed by atoms with Gasteiger partial charge in [-0.05, 0) is 48.7 Å². The van der Waals surface area contributed by atoms with E-state index in [1.54, 1.807) is 16.0 Å². The van der Waals surface area contributed by atoms with Crippen molar-refractivity contribution in [2.45, 2.75) is 38.8 Å². The Balaban J connectivity index is 1.19. The predicted molar refractivity (Wildman–Crippen MR) is 144 cm³/mol. The van der Waals surface area contributed by atoms with E-state index in [0.29, 0.717) is 69.8 Å². The van der Waals surface area contributed by atoms with E-state index in [1.807, 2.05) is 30.0 Å². The molecule has 3 aliphatic rings. The maximum Gasteiger partial charge on any atom is 0.261 e. The summed E-state index contributed by atoms with van der Waals surface area (Å²) in [6, 6.07) is 8.51. The fourth-order valence-electron chi connectivity index (χ4n) is 5.57. The summed E-state index contributed by atoms with van der Waals surface area (Å²) in [5, 5.41) is 3.21. The lowest BCUT2D eigenvalue weighted by Crippen LogP contribution is -2.36. The van der Waals surface area contributed by atoms with Crippen LogP contribution in [0.2, 0.25) is 0 Å². The molecule has 4 heterocycles. The number of hydrogen-bond donors (Lipinski definition) is 1. The molecule has 6 rings (SSSR count). The van der Waals surface area contributed by atoms with Crippen LogP contribution in [0.4, 0.5) is 40.7 Å². The van der Waals surface area contributed by atoms with E-state index >= 15 is 8.78 Å². The number of alkyl halides is 2. The van der Waals surface area contributed by atoms with Gasteiger partial charge in [0.2, 0.25) is 5.95 Å². The number of fused-ring (bicyclic) bond motifs is 1. The van der Waals surface area contributed by atoms with Gasteiger partial charge in [-0.2, -0.15) is 4.98 Å². The highest BCUT2D eigenvalue weighted by molar-refractivity contribution is 5.68. The van der Waals surface area contributed by atoms with Gasteiger partial charge in [0.05, 0.1) is 19.8 Å². The van der Waals surface area contributed by atoms with Gasteiger partial charge in [-0.1, -0.05) is 6.07 Å². The Morgan fingerprint density at radius 1 is 0.975 bits per heavy atom. The van der Waals surface area contributed by atoms with Crippen LogP contribution in [0.25, 0.3) is 0 Å². The highest BCUT2D eigenvalue weighted by Crippen LogP contribution is 2.35. The number of benzene rings is 2. The van der Waals surface area contributed by atoms with E-state index in [2.05, 4.69) is 15.3 Å². The molecule has 2 saturated heterocycles. The first-order valence-electron chi connectivity index (χ1n) is 13.6. The first kappa shape index (κ1) is 26.9. The van der Waals surface area contributed by atoms with E-state index in [-0.39, 0.29) is 25.1 Å². The van der Waals surface area contributed by atoms with Crippen LogP contribution in [-0.4, -0.2) is 71.6 Å². The van der Waals surface area contributed by atoms with Crippen molar-refractivity contribution >= 4 is 23.1 Å². The smallest absolute Gasteiger partial charge is 0.261 e. The number of ether oxygens (including phenoxy) is 1. The van der Waals surface area contributed by atoms with Crippen molar-refractivity contribution in [3.8, 4) is 0 Å². The molecular weight excluding hydrogens is 524 g/mol. The minimum Gasteiger partial charge on any atom is -0.379 e. The lowest BCUT2D eigenvalue weighted by atomic mass is 10.1. The number of hydrogen-bond acceptors (Lipinski definition) is 7. The Hall–Kier alpha value is -3.28. The summed E-state index contributed by atoms with van der Waals surface area (Å²) in [5.41, 5.74) is 4.06. The van der Waals surface area contributed by atoms with Crippen molar-refractivity contribution in [2.75, 3.05) is 56.2 Å². The molecule has 7 nitrogen and oxygen atoms in total. The molecule has 0 radical (unpaired) electrons. The second-order valence-electron chi connectivity index (χ2n) is 10.8. The summed E-state index contributed by atoms with van der Waals surface area (Å²) in [6.07, 6.45) is 2.27. The summed E-state index contributed by atoms with van der Waals surface area (Å²) >= 11 is 0.